The van der Waals surface area contributed by atoms with Gasteiger partial charge >= 0.3 is 0 Å². The SMILES string of the molecule is Cc1nc(-c2nc(N)c3c(n2)CCCCC3)cs1. The summed E-state index contributed by atoms with van der Waals surface area (Å²) in [5.41, 5.74) is 9.21. The maximum absolute atomic E-state index is 6.08. The van der Waals surface area contributed by atoms with Crippen LogP contribution in [0.2, 0.25) is 0 Å². The Morgan fingerprint density at radius 3 is 2.72 bits per heavy atom. The third-order valence-corrected chi connectivity index (χ3v) is 4.09. The molecule has 2 aromatic rings. The second-order valence-electron chi connectivity index (χ2n) is 4.67. The summed E-state index contributed by atoms with van der Waals surface area (Å²) in [6.45, 7) is 1.99. The molecule has 2 heterocycles. The van der Waals surface area contributed by atoms with Crippen LogP contribution in [0.3, 0.4) is 0 Å². The molecule has 0 saturated carbocycles. The highest BCUT2D eigenvalue weighted by atomic mass is 32.1. The molecule has 1 aliphatic rings. The van der Waals surface area contributed by atoms with Crippen LogP contribution in [0.25, 0.3) is 11.5 Å². The molecule has 3 rings (SSSR count). The molecular weight excluding hydrogens is 244 g/mol. The van der Waals surface area contributed by atoms with Gasteiger partial charge in [-0.05, 0) is 32.6 Å². The third-order valence-electron chi connectivity index (χ3n) is 3.31. The number of rotatable bonds is 1. The summed E-state index contributed by atoms with van der Waals surface area (Å²) in [5, 5.41) is 3.02. The fourth-order valence-corrected chi connectivity index (χ4v) is 2.97. The van der Waals surface area contributed by atoms with E-state index in [1.54, 1.807) is 11.3 Å². The Labute approximate surface area is 110 Å². The Bertz CT molecular complexity index is 576. The molecule has 0 spiro atoms. The zero-order valence-corrected chi connectivity index (χ0v) is 11.3. The van der Waals surface area contributed by atoms with Gasteiger partial charge in [0.1, 0.15) is 11.5 Å². The first kappa shape index (κ1) is 11.6. The van der Waals surface area contributed by atoms with E-state index in [0.29, 0.717) is 11.6 Å². The van der Waals surface area contributed by atoms with E-state index in [9.17, 15) is 0 Å². The number of aromatic nitrogens is 3. The van der Waals surface area contributed by atoms with Gasteiger partial charge < -0.3 is 5.73 Å². The molecule has 2 N–H and O–H groups in total. The Hall–Kier alpha value is -1.49. The summed E-state index contributed by atoms with van der Waals surface area (Å²) < 4.78 is 0. The summed E-state index contributed by atoms with van der Waals surface area (Å²) in [7, 11) is 0. The van der Waals surface area contributed by atoms with Crippen LogP contribution >= 0.6 is 11.3 Å². The lowest BCUT2D eigenvalue weighted by Gasteiger charge is -2.09. The minimum absolute atomic E-state index is 0.641. The van der Waals surface area contributed by atoms with Crippen LogP contribution in [0.15, 0.2) is 5.38 Å². The van der Waals surface area contributed by atoms with Crippen molar-refractivity contribution in [2.24, 2.45) is 0 Å². The largest absolute Gasteiger partial charge is 0.383 e. The lowest BCUT2D eigenvalue weighted by molar-refractivity contribution is 0.709. The van der Waals surface area contributed by atoms with E-state index in [1.165, 1.54) is 19.3 Å². The minimum Gasteiger partial charge on any atom is -0.383 e. The van der Waals surface area contributed by atoms with Crippen molar-refractivity contribution >= 4 is 17.2 Å². The van der Waals surface area contributed by atoms with Crippen molar-refractivity contribution < 1.29 is 0 Å². The van der Waals surface area contributed by atoms with Gasteiger partial charge in [-0.2, -0.15) is 0 Å². The monoisotopic (exact) mass is 260 g/mol. The van der Waals surface area contributed by atoms with Crippen molar-refractivity contribution in [1.82, 2.24) is 15.0 Å². The minimum atomic E-state index is 0.641. The molecule has 0 saturated heterocycles. The first-order valence-corrected chi connectivity index (χ1v) is 7.20. The zero-order valence-electron chi connectivity index (χ0n) is 10.4. The van der Waals surface area contributed by atoms with E-state index < -0.39 is 0 Å². The van der Waals surface area contributed by atoms with Crippen LogP contribution in [-0.4, -0.2) is 15.0 Å². The Balaban J connectivity index is 2.07. The standard InChI is InChI=1S/C13H16N4S/c1-8-15-11(7-18-8)13-16-10-6-4-2-3-5-9(10)12(14)17-13/h7H,2-6H2,1H3,(H2,14,16,17). The molecule has 2 aromatic heterocycles. The lowest BCUT2D eigenvalue weighted by Crippen LogP contribution is -2.06. The van der Waals surface area contributed by atoms with Crippen molar-refractivity contribution in [1.29, 1.82) is 0 Å². The summed E-state index contributed by atoms with van der Waals surface area (Å²) in [5.74, 6) is 1.32. The number of aryl methyl sites for hydroxylation is 2. The van der Waals surface area contributed by atoms with E-state index in [2.05, 4.69) is 15.0 Å². The molecule has 0 bridgehead atoms. The maximum atomic E-state index is 6.08. The van der Waals surface area contributed by atoms with Crippen LogP contribution in [0.4, 0.5) is 5.82 Å². The molecule has 1 aliphatic carbocycles. The van der Waals surface area contributed by atoms with Gasteiger partial charge in [-0.25, -0.2) is 15.0 Å². The van der Waals surface area contributed by atoms with E-state index in [1.807, 2.05) is 12.3 Å². The molecule has 0 amide bonds. The van der Waals surface area contributed by atoms with Gasteiger partial charge in [0.05, 0.1) is 5.01 Å². The van der Waals surface area contributed by atoms with Gasteiger partial charge in [-0.15, -0.1) is 11.3 Å². The zero-order chi connectivity index (χ0) is 12.5. The Kier molecular flexibility index (Phi) is 2.99. The second-order valence-corrected chi connectivity index (χ2v) is 5.73. The Morgan fingerprint density at radius 1 is 1.11 bits per heavy atom. The van der Waals surface area contributed by atoms with E-state index in [0.717, 1.165) is 34.8 Å². The quantitative estimate of drug-likeness (QED) is 0.801. The van der Waals surface area contributed by atoms with Gasteiger partial charge in [-0.1, -0.05) is 6.42 Å². The molecule has 0 atom stereocenters. The number of nitrogens with zero attached hydrogens (tertiary/aromatic N) is 3. The van der Waals surface area contributed by atoms with Crippen molar-refractivity contribution in [3.05, 3.63) is 21.6 Å². The van der Waals surface area contributed by atoms with Crippen molar-refractivity contribution in [2.45, 2.75) is 39.0 Å². The highest BCUT2D eigenvalue weighted by Gasteiger charge is 2.16. The highest BCUT2D eigenvalue weighted by molar-refractivity contribution is 7.09. The number of nitrogen functional groups attached to an aromatic ring is 1. The molecule has 0 aromatic carbocycles. The maximum Gasteiger partial charge on any atom is 0.181 e. The van der Waals surface area contributed by atoms with Crippen molar-refractivity contribution in [2.75, 3.05) is 5.73 Å². The summed E-state index contributed by atoms with van der Waals surface area (Å²) >= 11 is 1.61. The molecule has 4 nitrogen and oxygen atoms in total. The smallest absolute Gasteiger partial charge is 0.181 e. The number of fused-ring (bicyclic) bond motifs is 1. The number of thiazole rings is 1. The van der Waals surface area contributed by atoms with E-state index >= 15 is 0 Å². The van der Waals surface area contributed by atoms with Crippen molar-refractivity contribution in [3.8, 4) is 11.5 Å². The summed E-state index contributed by atoms with van der Waals surface area (Å²) in [4.78, 5) is 13.5. The molecule has 0 radical (unpaired) electrons. The molecule has 0 unspecified atom stereocenters. The summed E-state index contributed by atoms with van der Waals surface area (Å²) in [6, 6.07) is 0. The van der Waals surface area contributed by atoms with Gasteiger partial charge in [0.2, 0.25) is 0 Å². The summed E-state index contributed by atoms with van der Waals surface area (Å²) in [6.07, 6.45) is 5.66. The van der Waals surface area contributed by atoms with Crippen LogP contribution in [0.1, 0.15) is 35.5 Å². The van der Waals surface area contributed by atoms with Crippen molar-refractivity contribution in [3.63, 3.8) is 0 Å². The fourth-order valence-electron chi connectivity index (χ4n) is 2.38. The normalized spacial score (nSPS) is 15.2. The van der Waals surface area contributed by atoms with Crippen LogP contribution < -0.4 is 5.73 Å². The molecule has 94 valence electrons. The lowest BCUT2D eigenvalue weighted by atomic mass is 10.1. The van der Waals surface area contributed by atoms with Gasteiger partial charge in [0, 0.05) is 16.6 Å². The fraction of sp³-hybridized carbons (Fsp3) is 0.462. The highest BCUT2D eigenvalue weighted by Crippen LogP contribution is 2.26. The van der Waals surface area contributed by atoms with E-state index in [-0.39, 0.29) is 0 Å². The molecule has 5 heteroatoms. The van der Waals surface area contributed by atoms with Crippen LogP contribution in [-0.2, 0) is 12.8 Å². The predicted molar refractivity (Wildman–Crippen MR) is 73.5 cm³/mol. The number of anilines is 1. The first-order chi connectivity index (χ1) is 8.74. The molecule has 0 aliphatic heterocycles. The first-order valence-electron chi connectivity index (χ1n) is 6.32. The van der Waals surface area contributed by atoms with Gasteiger partial charge in [0.15, 0.2) is 5.82 Å². The second kappa shape index (κ2) is 4.65. The van der Waals surface area contributed by atoms with Gasteiger partial charge in [0.25, 0.3) is 0 Å². The van der Waals surface area contributed by atoms with E-state index in [4.69, 9.17) is 5.73 Å². The molecule has 0 fully saturated rings. The topological polar surface area (TPSA) is 64.7 Å². The predicted octanol–water partition coefficient (Wildman–Crippen LogP) is 2.76. The van der Waals surface area contributed by atoms with Crippen LogP contribution in [0, 0.1) is 6.92 Å². The molecular formula is C13H16N4S. The van der Waals surface area contributed by atoms with Crippen LogP contribution in [0.5, 0.6) is 0 Å². The number of nitrogens with two attached hydrogens (primary N) is 1. The number of hydrogen-bond donors (Lipinski definition) is 1. The third kappa shape index (κ3) is 2.10. The Morgan fingerprint density at radius 2 is 1.94 bits per heavy atom. The molecule has 18 heavy (non-hydrogen) atoms. The number of hydrogen-bond acceptors (Lipinski definition) is 5. The average Bonchev–Trinajstić information content (AvgIpc) is 2.63. The average molecular weight is 260 g/mol. The van der Waals surface area contributed by atoms with Gasteiger partial charge in [-0.3, -0.25) is 0 Å².